The van der Waals surface area contributed by atoms with Crippen molar-refractivity contribution in [1.82, 2.24) is 19.7 Å². The first-order valence-corrected chi connectivity index (χ1v) is 13.1. The van der Waals surface area contributed by atoms with Gasteiger partial charge in [0.2, 0.25) is 5.91 Å². The van der Waals surface area contributed by atoms with Crippen LogP contribution in [0.3, 0.4) is 0 Å². The lowest BCUT2D eigenvalue weighted by molar-refractivity contribution is -0.111. The van der Waals surface area contributed by atoms with Crippen LogP contribution >= 0.6 is 0 Å². The number of halogens is 3. The molecule has 2 N–H and O–H groups in total. The smallest absolute Gasteiger partial charge is 0.248 e. The van der Waals surface area contributed by atoms with Crippen LogP contribution in [-0.4, -0.2) is 63.4 Å². The fraction of sp³-hybridized carbons (Fsp3) is 0.233. The van der Waals surface area contributed by atoms with E-state index in [0.717, 1.165) is 17.8 Å². The molecule has 0 spiro atoms. The van der Waals surface area contributed by atoms with Crippen LogP contribution in [0, 0.1) is 17.5 Å². The van der Waals surface area contributed by atoms with Crippen molar-refractivity contribution in [2.24, 2.45) is 0 Å². The van der Waals surface area contributed by atoms with Gasteiger partial charge in [0, 0.05) is 67.4 Å². The number of piperazine rings is 1. The second-order valence-electron chi connectivity index (χ2n) is 9.90. The molecule has 3 aromatic carbocycles. The second kappa shape index (κ2) is 12.4. The van der Waals surface area contributed by atoms with E-state index >= 15 is 0 Å². The zero-order valence-electron chi connectivity index (χ0n) is 22.1. The predicted molar refractivity (Wildman–Crippen MR) is 149 cm³/mol. The SMILES string of the molecule is O=C(/C=C/c1ccccc1F)Nc1ccc(N2CCN(CC(O)(Cn3cncn3)c3ccc(F)cc3F)CC2)cc1. The molecule has 1 unspecified atom stereocenters. The third kappa shape index (κ3) is 7.00. The molecule has 11 heteroatoms. The molecule has 1 amide bonds. The summed E-state index contributed by atoms with van der Waals surface area (Å²) >= 11 is 0. The van der Waals surface area contributed by atoms with Crippen molar-refractivity contribution in [1.29, 1.82) is 0 Å². The van der Waals surface area contributed by atoms with E-state index in [4.69, 9.17) is 0 Å². The van der Waals surface area contributed by atoms with Gasteiger partial charge in [0.1, 0.15) is 35.7 Å². The van der Waals surface area contributed by atoms with Crippen LogP contribution in [0.15, 0.2) is 85.5 Å². The Kier molecular flexibility index (Phi) is 8.46. The summed E-state index contributed by atoms with van der Waals surface area (Å²) in [6, 6.07) is 16.8. The van der Waals surface area contributed by atoms with Crippen molar-refractivity contribution in [2.45, 2.75) is 12.1 Å². The molecule has 0 bridgehead atoms. The van der Waals surface area contributed by atoms with Crippen molar-refractivity contribution in [3.8, 4) is 0 Å². The average molecular weight is 563 g/mol. The zero-order valence-corrected chi connectivity index (χ0v) is 22.1. The van der Waals surface area contributed by atoms with E-state index in [1.165, 1.54) is 41.6 Å². The summed E-state index contributed by atoms with van der Waals surface area (Å²) in [6.07, 6.45) is 5.48. The number of aliphatic hydroxyl groups is 1. The molecular weight excluding hydrogens is 533 g/mol. The van der Waals surface area contributed by atoms with Gasteiger partial charge in [-0.25, -0.2) is 22.8 Å². The van der Waals surface area contributed by atoms with Gasteiger partial charge in [-0.05, 0) is 42.5 Å². The minimum atomic E-state index is -1.66. The van der Waals surface area contributed by atoms with Gasteiger partial charge in [0.15, 0.2) is 0 Å². The molecular formula is C30H29F3N6O2. The van der Waals surface area contributed by atoms with Gasteiger partial charge in [-0.1, -0.05) is 24.3 Å². The normalized spacial score (nSPS) is 15.7. The minimum Gasteiger partial charge on any atom is -0.382 e. The summed E-state index contributed by atoms with van der Waals surface area (Å²) in [4.78, 5) is 20.4. The lowest BCUT2D eigenvalue weighted by Gasteiger charge is -2.40. The third-order valence-corrected chi connectivity index (χ3v) is 7.00. The summed E-state index contributed by atoms with van der Waals surface area (Å²) in [7, 11) is 0. The van der Waals surface area contributed by atoms with Crippen molar-refractivity contribution < 1.29 is 23.1 Å². The number of carbonyl (C=O) groups excluding carboxylic acids is 1. The first-order chi connectivity index (χ1) is 19.8. The molecule has 0 radical (unpaired) electrons. The van der Waals surface area contributed by atoms with Crippen LogP contribution in [0.1, 0.15) is 11.1 Å². The molecule has 1 aliphatic heterocycles. The number of aromatic nitrogens is 3. The maximum atomic E-state index is 14.7. The topological polar surface area (TPSA) is 86.5 Å². The number of hydrogen-bond donors (Lipinski definition) is 2. The Balaban J connectivity index is 1.18. The molecule has 5 rings (SSSR count). The number of nitrogens with zero attached hydrogens (tertiary/aromatic N) is 5. The number of carbonyl (C=O) groups is 1. The number of rotatable bonds is 9. The molecule has 1 aliphatic rings. The largest absolute Gasteiger partial charge is 0.382 e. The fourth-order valence-corrected chi connectivity index (χ4v) is 4.92. The monoisotopic (exact) mass is 562 g/mol. The molecule has 1 fully saturated rings. The summed E-state index contributed by atoms with van der Waals surface area (Å²) in [5.41, 5.74) is 0.242. The van der Waals surface area contributed by atoms with Gasteiger partial charge in [0.25, 0.3) is 0 Å². The van der Waals surface area contributed by atoms with E-state index in [-0.39, 0.29) is 24.6 Å². The van der Waals surface area contributed by atoms with Gasteiger partial charge in [-0.2, -0.15) is 5.10 Å². The lowest BCUT2D eigenvalue weighted by atomic mass is 9.92. The Morgan fingerprint density at radius 2 is 1.71 bits per heavy atom. The first-order valence-electron chi connectivity index (χ1n) is 13.1. The van der Waals surface area contributed by atoms with E-state index < -0.39 is 23.1 Å². The Bertz CT molecular complexity index is 1510. The average Bonchev–Trinajstić information content (AvgIpc) is 3.46. The van der Waals surface area contributed by atoms with Gasteiger partial charge in [-0.3, -0.25) is 9.69 Å². The molecule has 212 valence electrons. The molecule has 1 atom stereocenters. The predicted octanol–water partition coefficient (Wildman–Crippen LogP) is 4.06. The molecule has 0 saturated carbocycles. The number of hydrogen-bond acceptors (Lipinski definition) is 6. The number of anilines is 2. The maximum Gasteiger partial charge on any atom is 0.248 e. The summed E-state index contributed by atoms with van der Waals surface area (Å²) < 4.78 is 43.5. The molecule has 2 heterocycles. The second-order valence-corrected chi connectivity index (χ2v) is 9.90. The van der Waals surface area contributed by atoms with Crippen LogP contribution in [0.25, 0.3) is 6.08 Å². The highest BCUT2D eigenvalue weighted by Crippen LogP contribution is 2.29. The van der Waals surface area contributed by atoms with E-state index in [0.29, 0.717) is 37.4 Å². The van der Waals surface area contributed by atoms with Crippen LogP contribution in [-0.2, 0) is 16.9 Å². The van der Waals surface area contributed by atoms with E-state index in [9.17, 15) is 23.1 Å². The Hall–Kier alpha value is -4.48. The zero-order chi connectivity index (χ0) is 28.8. The number of β-amino-alcohol motifs (C(OH)–C–C–N with tert-alkyl or cyclic N) is 1. The van der Waals surface area contributed by atoms with Crippen LogP contribution in [0.2, 0.25) is 0 Å². The summed E-state index contributed by atoms with van der Waals surface area (Å²) in [5, 5.41) is 18.4. The van der Waals surface area contributed by atoms with Crippen molar-refractivity contribution >= 4 is 23.4 Å². The van der Waals surface area contributed by atoms with Gasteiger partial charge in [-0.15, -0.1) is 0 Å². The number of nitrogens with one attached hydrogen (secondary N) is 1. The highest BCUT2D eigenvalue weighted by Gasteiger charge is 2.36. The third-order valence-electron chi connectivity index (χ3n) is 7.00. The van der Waals surface area contributed by atoms with Gasteiger partial charge >= 0.3 is 0 Å². The van der Waals surface area contributed by atoms with Crippen molar-refractivity contribution in [3.05, 3.63) is 114 Å². The summed E-state index contributed by atoms with van der Waals surface area (Å²) in [5.74, 6) is -2.30. The lowest BCUT2D eigenvalue weighted by Crippen LogP contribution is -2.52. The van der Waals surface area contributed by atoms with E-state index in [1.54, 1.807) is 30.3 Å². The van der Waals surface area contributed by atoms with Gasteiger partial charge < -0.3 is 15.3 Å². The molecule has 1 saturated heterocycles. The standard InChI is InChI=1S/C30H29F3N6O2/c31-23-6-11-26(28(33)17-23)30(41,19-39-21-34-20-35-39)18-37-13-15-38(16-14-37)25-9-7-24(8-10-25)36-29(40)12-5-22-3-1-2-4-27(22)32/h1-12,17,20-21,41H,13-16,18-19H2,(H,36,40)/b12-5+. The van der Waals surface area contributed by atoms with Crippen molar-refractivity contribution in [3.63, 3.8) is 0 Å². The summed E-state index contributed by atoms with van der Waals surface area (Å²) in [6.45, 7) is 2.58. The maximum absolute atomic E-state index is 14.7. The highest BCUT2D eigenvalue weighted by molar-refractivity contribution is 6.02. The van der Waals surface area contributed by atoms with Crippen LogP contribution < -0.4 is 10.2 Å². The minimum absolute atomic E-state index is 0.00165. The molecule has 8 nitrogen and oxygen atoms in total. The Morgan fingerprint density at radius 3 is 2.39 bits per heavy atom. The number of benzene rings is 3. The van der Waals surface area contributed by atoms with E-state index in [2.05, 4.69) is 20.3 Å². The van der Waals surface area contributed by atoms with Crippen LogP contribution in [0.5, 0.6) is 0 Å². The molecule has 4 aromatic rings. The number of amides is 1. The first kappa shape index (κ1) is 28.1. The fourth-order valence-electron chi connectivity index (χ4n) is 4.92. The molecule has 0 aliphatic carbocycles. The Morgan fingerprint density at radius 1 is 0.951 bits per heavy atom. The molecule has 1 aromatic heterocycles. The van der Waals surface area contributed by atoms with Crippen LogP contribution in [0.4, 0.5) is 24.5 Å². The highest BCUT2D eigenvalue weighted by atomic mass is 19.1. The van der Waals surface area contributed by atoms with Crippen molar-refractivity contribution in [2.75, 3.05) is 42.9 Å². The van der Waals surface area contributed by atoms with E-state index in [1.807, 2.05) is 17.0 Å². The Labute approximate surface area is 235 Å². The quantitative estimate of drug-likeness (QED) is 0.300. The van der Waals surface area contributed by atoms with Gasteiger partial charge in [0.05, 0.1) is 6.54 Å². The molecule has 41 heavy (non-hydrogen) atoms.